The lowest BCUT2D eigenvalue weighted by molar-refractivity contribution is -0.120. The highest BCUT2D eigenvalue weighted by Gasteiger charge is 2.12. The van der Waals surface area contributed by atoms with E-state index >= 15 is 0 Å². The fourth-order valence-electron chi connectivity index (χ4n) is 2.32. The van der Waals surface area contributed by atoms with E-state index in [1.54, 1.807) is 7.05 Å². The number of rotatable bonds is 6. The summed E-state index contributed by atoms with van der Waals surface area (Å²) in [5, 5.41) is 5.77. The van der Waals surface area contributed by atoms with Crippen LogP contribution in [0.2, 0.25) is 0 Å². The molecule has 0 bridgehead atoms. The second-order valence-electron chi connectivity index (χ2n) is 4.53. The van der Waals surface area contributed by atoms with Gasteiger partial charge in [-0.1, -0.05) is 32.1 Å². The van der Waals surface area contributed by atoms with E-state index in [4.69, 9.17) is 0 Å². The van der Waals surface area contributed by atoms with Crippen LogP contribution in [0.3, 0.4) is 0 Å². The Kier molecular flexibility index (Phi) is 6.41. The Morgan fingerprint density at radius 2 is 2.00 bits per heavy atom. The van der Waals surface area contributed by atoms with Crippen LogP contribution in [0.5, 0.6) is 0 Å². The first kappa shape index (κ1) is 12.5. The zero-order valence-electron chi connectivity index (χ0n) is 9.85. The van der Waals surface area contributed by atoms with Gasteiger partial charge < -0.3 is 10.6 Å². The Morgan fingerprint density at radius 3 is 2.67 bits per heavy atom. The van der Waals surface area contributed by atoms with Crippen molar-refractivity contribution in [2.75, 3.05) is 20.1 Å². The smallest absolute Gasteiger partial charge is 0.233 e. The molecule has 0 aliphatic heterocycles. The summed E-state index contributed by atoms with van der Waals surface area (Å²) in [5.74, 6) is 1.04. The van der Waals surface area contributed by atoms with Gasteiger partial charge in [-0.25, -0.2) is 0 Å². The molecule has 1 rings (SSSR count). The monoisotopic (exact) mass is 212 g/mol. The van der Waals surface area contributed by atoms with Crippen LogP contribution < -0.4 is 10.6 Å². The van der Waals surface area contributed by atoms with Gasteiger partial charge >= 0.3 is 0 Å². The predicted molar refractivity (Wildman–Crippen MR) is 62.7 cm³/mol. The third-order valence-corrected chi connectivity index (χ3v) is 3.17. The molecular formula is C12H24N2O. The minimum absolute atomic E-state index is 0.112. The number of carbonyl (C=O) groups excluding carboxylic acids is 1. The number of carbonyl (C=O) groups is 1. The van der Waals surface area contributed by atoms with E-state index in [9.17, 15) is 4.79 Å². The number of nitrogens with one attached hydrogen (secondary N) is 2. The van der Waals surface area contributed by atoms with Crippen LogP contribution in [-0.2, 0) is 4.79 Å². The zero-order chi connectivity index (χ0) is 10.9. The predicted octanol–water partition coefficient (Wildman–Crippen LogP) is 1.68. The lowest BCUT2D eigenvalue weighted by atomic mass is 9.86. The van der Waals surface area contributed by atoms with Crippen molar-refractivity contribution in [2.24, 2.45) is 5.92 Å². The summed E-state index contributed by atoms with van der Waals surface area (Å²) in [7, 11) is 1.79. The molecule has 0 radical (unpaired) electrons. The fourth-order valence-corrected chi connectivity index (χ4v) is 2.32. The van der Waals surface area contributed by atoms with Crippen molar-refractivity contribution < 1.29 is 4.79 Å². The Balaban J connectivity index is 1.93. The van der Waals surface area contributed by atoms with E-state index in [0.717, 1.165) is 18.9 Å². The van der Waals surface area contributed by atoms with Gasteiger partial charge in [0.1, 0.15) is 0 Å². The normalized spacial score (nSPS) is 17.7. The van der Waals surface area contributed by atoms with Crippen molar-refractivity contribution >= 4 is 5.91 Å². The van der Waals surface area contributed by atoms with Crippen LogP contribution >= 0.6 is 0 Å². The summed E-state index contributed by atoms with van der Waals surface area (Å²) >= 11 is 0. The quantitative estimate of drug-likeness (QED) is 0.658. The molecule has 3 nitrogen and oxygen atoms in total. The molecule has 1 amide bonds. The van der Waals surface area contributed by atoms with Crippen LogP contribution in [-0.4, -0.2) is 26.0 Å². The summed E-state index contributed by atoms with van der Waals surface area (Å²) in [4.78, 5) is 11.1. The zero-order valence-corrected chi connectivity index (χ0v) is 9.85. The Morgan fingerprint density at radius 1 is 1.27 bits per heavy atom. The van der Waals surface area contributed by atoms with Crippen LogP contribution in [0.1, 0.15) is 44.9 Å². The third-order valence-electron chi connectivity index (χ3n) is 3.17. The molecule has 88 valence electrons. The first-order valence-corrected chi connectivity index (χ1v) is 6.24. The van der Waals surface area contributed by atoms with Gasteiger partial charge in [0.05, 0.1) is 6.54 Å². The Hall–Kier alpha value is -0.570. The summed E-state index contributed by atoms with van der Waals surface area (Å²) in [6.07, 6.45) is 9.50. The van der Waals surface area contributed by atoms with Gasteiger partial charge in [-0.15, -0.1) is 0 Å². The standard InChI is InChI=1S/C12H24N2O/c1-13-10-12(15)14-9-5-8-11-6-3-2-4-7-11/h11,13H,2-10H2,1H3,(H,14,15). The van der Waals surface area contributed by atoms with E-state index in [1.165, 1.54) is 38.5 Å². The molecule has 15 heavy (non-hydrogen) atoms. The van der Waals surface area contributed by atoms with Crippen molar-refractivity contribution in [3.63, 3.8) is 0 Å². The third kappa shape index (κ3) is 5.78. The minimum atomic E-state index is 0.112. The van der Waals surface area contributed by atoms with Crippen LogP contribution in [0.25, 0.3) is 0 Å². The molecule has 0 atom stereocenters. The molecule has 1 saturated carbocycles. The molecule has 0 unspecified atom stereocenters. The SMILES string of the molecule is CNCC(=O)NCCCC1CCCCC1. The van der Waals surface area contributed by atoms with Crippen LogP contribution in [0.15, 0.2) is 0 Å². The Bertz CT molecular complexity index is 176. The largest absolute Gasteiger partial charge is 0.355 e. The van der Waals surface area contributed by atoms with Gasteiger partial charge in [0.25, 0.3) is 0 Å². The first-order valence-electron chi connectivity index (χ1n) is 6.24. The maximum absolute atomic E-state index is 11.1. The van der Waals surface area contributed by atoms with Crippen molar-refractivity contribution in [1.82, 2.24) is 10.6 Å². The summed E-state index contributed by atoms with van der Waals surface area (Å²) in [5.41, 5.74) is 0. The summed E-state index contributed by atoms with van der Waals surface area (Å²) in [6.45, 7) is 1.28. The first-order chi connectivity index (χ1) is 7.33. The molecule has 0 aromatic heterocycles. The van der Waals surface area contributed by atoms with E-state index in [0.29, 0.717) is 6.54 Å². The average Bonchev–Trinajstić information content (AvgIpc) is 2.26. The number of likely N-dealkylation sites (N-methyl/N-ethyl adjacent to an activating group) is 1. The van der Waals surface area contributed by atoms with Gasteiger partial charge in [-0.05, 0) is 25.8 Å². The van der Waals surface area contributed by atoms with Crippen molar-refractivity contribution in [3.8, 4) is 0 Å². The summed E-state index contributed by atoms with van der Waals surface area (Å²) < 4.78 is 0. The van der Waals surface area contributed by atoms with Gasteiger partial charge in [-0.2, -0.15) is 0 Å². The average molecular weight is 212 g/mol. The van der Waals surface area contributed by atoms with Crippen LogP contribution in [0, 0.1) is 5.92 Å². The molecule has 1 aliphatic rings. The molecule has 2 N–H and O–H groups in total. The van der Waals surface area contributed by atoms with E-state index in [2.05, 4.69) is 10.6 Å². The Labute approximate surface area is 93.0 Å². The highest BCUT2D eigenvalue weighted by atomic mass is 16.1. The van der Waals surface area contributed by atoms with Gasteiger partial charge in [-0.3, -0.25) is 4.79 Å². The molecule has 0 aromatic rings. The second-order valence-corrected chi connectivity index (χ2v) is 4.53. The van der Waals surface area contributed by atoms with E-state index in [1.807, 2.05) is 0 Å². The van der Waals surface area contributed by atoms with Crippen molar-refractivity contribution in [3.05, 3.63) is 0 Å². The maximum atomic E-state index is 11.1. The molecule has 0 saturated heterocycles. The van der Waals surface area contributed by atoms with Crippen molar-refractivity contribution in [2.45, 2.75) is 44.9 Å². The fraction of sp³-hybridized carbons (Fsp3) is 0.917. The van der Waals surface area contributed by atoms with E-state index < -0.39 is 0 Å². The molecule has 1 aliphatic carbocycles. The number of hydrogen-bond acceptors (Lipinski definition) is 2. The lowest BCUT2D eigenvalue weighted by Crippen LogP contribution is -2.32. The topological polar surface area (TPSA) is 41.1 Å². The van der Waals surface area contributed by atoms with E-state index in [-0.39, 0.29) is 5.91 Å². The summed E-state index contributed by atoms with van der Waals surface area (Å²) in [6, 6.07) is 0. The molecule has 0 heterocycles. The molecule has 0 spiro atoms. The van der Waals surface area contributed by atoms with Crippen molar-refractivity contribution in [1.29, 1.82) is 0 Å². The molecular weight excluding hydrogens is 188 g/mol. The lowest BCUT2D eigenvalue weighted by Gasteiger charge is -2.21. The highest BCUT2D eigenvalue weighted by Crippen LogP contribution is 2.26. The second kappa shape index (κ2) is 7.69. The number of amides is 1. The minimum Gasteiger partial charge on any atom is -0.355 e. The van der Waals surface area contributed by atoms with Gasteiger partial charge in [0, 0.05) is 6.54 Å². The molecule has 3 heteroatoms. The van der Waals surface area contributed by atoms with Crippen LogP contribution in [0.4, 0.5) is 0 Å². The van der Waals surface area contributed by atoms with Gasteiger partial charge in [0.15, 0.2) is 0 Å². The number of hydrogen-bond donors (Lipinski definition) is 2. The maximum Gasteiger partial charge on any atom is 0.233 e. The molecule has 1 fully saturated rings. The molecule has 0 aromatic carbocycles. The highest BCUT2D eigenvalue weighted by molar-refractivity contribution is 5.77. The van der Waals surface area contributed by atoms with Gasteiger partial charge in [0.2, 0.25) is 5.91 Å².